The molecular formula is C15H20N4. The summed E-state index contributed by atoms with van der Waals surface area (Å²) in [5, 5.41) is 8.57. The van der Waals surface area contributed by atoms with Gasteiger partial charge in [-0.1, -0.05) is 17.7 Å². The molecule has 100 valence electrons. The molecule has 0 radical (unpaired) electrons. The van der Waals surface area contributed by atoms with Crippen molar-refractivity contribution in [1.82, 2.24) is 15.0 Å². The van der Waals surface area contributed by atoms with Crippen molar-refractivity contribution in [3.63, 3.8) is 0 Å². The van der Waals surface area contributed by atoms with Crippen LogP contribution >= 0.6 is 0 Å². The van der Waals surface area contributed by atoms with E-state index in [1.165, 1.54) is 36.1 Å². The fourth-order valence-corrected chi connectivity index (χ4v) is 2.60. The van der Waals surface area contributed by atoms with Crippen LogP contribution in [0.15, 0.2) is 18.2 Å². The summed E-state index contributed by atoms with van der Waals surface area (Å²) in [6.45, 7) is 4.72. The van der Waals surface area contributed by atoms with E-state index in [0.29, 0.717) is 12.5 Å². The first-order valence-corrected chi connectivity index (χ1v) is 6.93. The predicted octanol–water partition coefficient (Wildman–Crippen LogP) is 2.61. The first-order chi connectivity index (χ1) is 9.20. The van der Waals surface area contributed by atoms with Crippen molar-refractivity contribution < 1.29 is 0 Å². The van der Waals surface area contributed by atoms with E-state index < -0.39 is 0 Å². The molecule has 4 heteroatoms. The number of hydrogen-bond donors (Lipinski definition) is 1. The van der Waals surface area contributed by atoms with Gasteiger partial charge in [-0.25, -0.2) is 4.68 Å². The van der Waals surface area contributed by atoms with Crippen molar-refractivity contribution in [3.8, 4) is 5.69 Å². The number of nitrogens with zero attached hydrogens (tertiary/aromatic N) is 3. The highest BCUT2D eigenvalue weighted by Crippen LogP contribution is 2.38. The Labute approximate surface area is 113 Å². The fourth-order valence-electron chi connectivity index (χ4n) is 2.60. The average Bonchev–Trinajstić information content (AvgIpc) is 2.74. The molecule has 4 nitrogen and oxygen atoms in total. The van der Waals surface area contributed by atoms with Crippen molar-refractivity contribution >= 4 is 0 Å². The zero-order chi connectivity index (χ0) is 13.4. The molecular weight excluding hydrogens is 236 g/mol. The molecule has 1 heterocycles. The molecule has 19 heavy (non-hydrogen) atoms. The van der Waals surface area contributed by atoms with Gasteiger partial charge in [0, 0.05) is 12.5 Å². The third-order valence-electron chi connectivity index (χ3n) is 4.20. The lowest BCUT2D eigenvalue weighted by molar-refractivity contribution is 0.401. The number of nitrogens with two attached hydrogens (primary N) is 1. The Morgan fingerprint density at radius 2 is 2.05 bits per heavy atom. The number of benzene rings is 1. The molecule has 1 aliphatic rings. The quantitative estimate of drug-likeness (QED) is 0.918. The van der Waals surface area contributed by atoms with Gasteiger partial charge in [0.05, 0.1) is 11.4 Å². The molecule has 2 N–H and O–H groups in total. The maximum Gasteiger partial charge on any atom is 0.100 e. The molecule has 0 saturated heterocycles. The Hall–Kier alpha value is -1.68. The zero-order valence-corrected chi connectivity index (χ0v) is 11.6. The summed E-state index contributed by atoms with van der Waals surface area (Å²) in [7, 11) is 0. The average molecular weight is 256 g/mol. The molecule has 2 aromatic rings. The first kappa shape index (κ1) is 12.4. The molecule has 1 aromatic heterocycles. The number of aromatic nitrogens is 3. The van der Waals surface area contributed by atoms with Gasteiger partial charge < -0.3 is 5.73 Å². The van der Waals surface area contributed by atoms with Crippen LogP contribution in [0.1, 0.15) is 47.7 Å². The van der Waals surface area contributed by atoms with Crippen molar-refractivity contribution in [2.24, 2.45) is 5.73 Å². The highest BCUT2D eigenvalue weighted by Gasteiger charge is 2.27. The summed E-state index contributed by atoms with van der Waals surface area (Å²) in [6.07, 6.45) is 3.75. The number of aryl methyl sites for hydroxylation is 2. The van der Waals surface area contributed by atoms with Crippen LogP contribution in [0.5, 0.6) is 0 Å². The second-order valence-corrected chi connectivity index (χ2v) is 5.43. The van der Waals surface area contributed by atoms with Gasteiger partial charge in [-0.3, -0.25) is 0 Å². The minimum absolute atomic E-state index is 0.469. The van der Waals surface area contributed by atoms with Gasteiger partial charge in [0.25, 0.3) is 0 Å². The van der Waals surface area contributed by atoms with Crippen LogP contribution in [0.3, 0.4) is 0 Å². The lowest BCUT2D eigenvalue weighted by Gasteiger charge is -2.26. The van der Waals surface area contributed by atoms with E-state index in [0.717, 1.165) is 11.4 Å². The van der Waals surface area contributed by atoms with Crippen LogP contribution in [0.2, 0.25) is 0 Å². The Kier molecular flexibility index (Phi) is 3.11. The maximum absolute atomic E-state index is 5.80. The predicted molar refractivity (Wildman–Crippen MR) is 75.3 cm³/mol. The summed E-state index contributed by atoms with van der Waals surface area (Å²) in [5.74, 6) is 0.579. The molecule has 0 amide bonds. The standard InChI is InChI=1S/C15H20N4/c1-10-6-7-13(8-11(10)2)19-15(12-4-3-5-12)14(9-16)17-18-19/h6-8,12H,3-5,9,16H2,1-2H3. The van der Waals surface area contributed by atoms with Crippen molar-refractivity contribution in [1.29, 1.82) is 0 Å². The minimum Gasteiger partial charge on any atom is -0.325 e. The van der Waals surface area contributed by atoms with E-state index in [-0.39, 0.29) is 0 Å². The smallest absolute Gasteiger partial charge is 0.100 e. The normalized spacial score (nSPS) is 15.5. The summed E-state index contributed by atoms with van der Waals surface area (Å²) < 4.78 is 1.98. The van der Waals surface area contributed by atoms with Crippen molar-refractivity contribution in [3.05, 3.63) is 40.7 Å². The second kappa shape index (κ2) is 4.78. The lowest BCUT2D eigenvalue weighted by Crippen LogP contribution is -2.17. The molecule has 1 aliphatic carbocycles. The maximum atomic E-state index is 5.80. The lowest BCUT2D eigenvalue weighted by atomic mass is 9.82. The Balaban J connectivity index is 2.08. The van der Waals surface area contributed by atoms with Gasteiger partial charge in [-0.2, -0.15) is 0 Å². The fraction of sp³-hybridized carbons (Fsp3) is 0.467. The molecule has 1 aromatic carbocycles. The van der Waals surface area contributed by atoms with Crippen LogP contribution in [0.4, 0.5) is 0 Å². The van der Waals surface area contributed by atoms with Gasteiger partial charge in [0.2, 0.25) is 0 Å². The molecule has 3 rings (SSSR count). The number of rotatable bonds is 3. The van der Waals surface area contributed by atoms with Crippen LogP contribution < -0.4 is 5.73 Å². The van der Waals surface area contributed by atoms with Gasteiger partial charge in [0.15, 0.2) is 0 Å². The van der Waals surface area contributed by atoms with Crippen LogP contribution in [-0.2, 0) is 6.54 Å². The monoisotopic (exact) mass is 256 g/mol. The molecule has 0 unspecified atom stereocenters. The SMILES string of the molecule is Cc1ccc(-n2nnc(CN)c2C2CCC2)cc1C. The second-order valence-electron chi connectivity index (χ2n) is 5.43. The number of hydrogen-bond acceptors (Lipinski definition) is 3. The first-order valence-electron chi connectivity index (χ1n) is 6.93. The Morgan fingerprint density at radius 3 is 2.63 bits per heavy atom. The van der Waals surface area contributed by atoms with E-state index in [9.17, 15) is 0 Å². The summed E-state index contributed by atoms with van der Waals surface area (Å²) in [5.41, 5.74) is 11.6. The third kappa shape index (κ3) is 2.06. The highest BCUT2D eigenvalue weighted by atomic mass is 15.4. The summed E-state index contributed by atoms with van der Waals surface area (Å²) in [6, 6.07) is 6.42. The van der Waals surface area contributed by atoms with E-state index in [1.807, 2.05) is 4.68 Å². The van der Waals surface area contributed by atoms with Gasteiger partial charge in [-0.15, -0.1) is 5.10 Å². The molecule has 0 atom stereocenters. The largest absolute Gasteiger partial charge is 0.325 e. The molecule has 0 bridgehead atoms. The Morgan fingerprint density at radius 1 is 1.26 bits per heavy atom. The topological polar surface area (TPSA) is 56.7 Å². The van der Waals surface area contributed by atoms with Crippen LogP contribution in [-0.4, -0.2) is 15.0 Å². The van der Waals surface area contributed by atoms with Crippen LogP contribution in [0.25, 0.3) is 5.69 Å². The van der Waals surface area contributed by atoms with Gasteiger partial charge in [0.1, 0.15) is 5.69 Å². The Bertz CT molecular complexity index is 596. The third-order valence-corrected chi connectivity index (χ3v) is 4.20. The molecule has 0 aliphatic heterocycles. The highest BCUT2D eigenvalue weighted by molar-refractivity contribution is 5.41. The molecule has 1 fully saturated rings. The van der Waals surface area contributed by atoms with Gasteiger partial charge in [-0.05, 0) is 49.9 Å². The van der Waals surface area contributed by atoms with E-state index in [2.05, 4.69) is 42.4 Å². The van der Waals surface area contributed by atoms with E-state index in [4.69, 9.17) is 5.73 Å². The molecule has 0 spiro atoms. The molecule has 1 saturated carbocycles. The van der Waals surface area contributed by atoms with E-state index >= 15 is 0 Å². The van der Waals surface area contributed by atoms with Crippen LogP contribution in [0, 0.1) is 13.8 Å². The zero-order valence-electron chi connectivity index (χ0n) is 11.6. The van der Waals surface area contributed by atoms with Crippen molar-refractivity contribution in [2.75, 3.05) is 0 Å². The summed E-state index contributed by atoms with van der Waals surface area (Å²) in [4.78, 5) is 0. The minimum atomic E-state index is 0.469. The van der Waals surface area contributed by atoms with Crippen molar-refractivity contribution in [2.45, 2.75) is 45.6 Å². The summed E-state index contributed by atoms with van der Waals surface area (Å²) >= 11 is 0. The van der Waals surface area contributed by atoms with E-state index in [1.54, 1.807) is 0 Å². The van der Waals surface area contributed by atoms with Gasteiger partial charge >= 0.3 is 0 Å².